The maximum absolute atomic E-state index is 9.13. The number of likely N-dealkylation sites (N-methyl/N-ethyl adjacent to an activating group) is 1. The number of rotatable bonds is 6. The van der Waals surface area contributed by atoms with Gasteiger partial charge in [-0.3, -0.25) is 0 Å². The predicted molar refractivity (Wildman–Crippen MR) is 83.9 cm³/mol. The summed E-state index contributed by atoms with van der Waals surface area (Å²) < 4.78 is 0. The number of likely N-dealkylation sites (tertiary alicyclic amines) is 1. The Labute approximate surface area is 123 Å². The lowest BCUT2D eigenvalue weighted by Crippen LogP contribution is -2.46. The lowest BCUT2D eigenvalue weighted by molar-refractivity contribution is 0.0745. The first-order chi connectivity index (χ1) is 9.63. The molecule has 1 saturated heterocycles. The van der Waals surface area contributed by atoms with Gasteiger partial charge in [-0.15, -0.1) is 0 Å². The highest BCUT2D eigenvalue weighted by atomic mass is 16.3. The van der Waals surface area contributed by atoms with Crippen LogP contribution in [-0.4, -0.2) is 61.8 Å². The fourth-order valence-corrected chi connectivity index (χ4v) is 3.33. The van der Waals surface area contributed by atoms with Crippen LogP contribution in [0.3, 0.4) is 0 Å². The number of piperidine rings is 1. The largest absolute Gasteiger partial charge is 0.395 e. The van der Waals surface area contributed by atoms with E-state index in [1.54, 1.807) is 0 Å². The Hall–Kier alpha value is -0.900. The van der Waals surface area contributed by atoms with E-state index in [1.165, 1.54) is 31.5 Å². The van der Waals surface area contributed by atoms with Crippen molar-refractivity contribution in [3.8, 4) is 0 Å². The minimum atomic E-state index is 0.248. The summed E-state index contributed by atoms with van der Waals surface area (Å²) >= 11 is 0. The number of benzene rings is 1. The van der Waals surface area contributed by atoms with Crippen molar-refractivity contribution in [1.82, 2.24) is 9.80 Å². The molecule has 0 unspecified atom stereocenters. The molecule has 0 atom stereocenters. The molecule has 0 radical (unpaired) electrons. The number of aliphatic hydroxyl groups is 1. The standard InChI is InChI=1S/C17H28N2O/c1-18-10-8-17(9-11-18,15-19(2)12-13-20)14-16-6-4-3-5-7-16/h3-7,20H,8-15H2,1-2H3. The molecule has 0 saturated carbocycles. The lowest BCUT2D eigenvalue weighted by Gasteiger charge is -2.43. The van der Waals surface area contributed by atoms with Crippen LogP contribution in [0.25, 0.3) is 0 Å². The van der Waals surface area contributed by atoms with Crippen molar-refractivity contribution in [2.75, 3.05) is 46.9 Å². The Morgan fingerprint density at radius 2 is 1.85 bits per heavy atom. The molecule has 2 rings (SSSR count). The third-order valence-corrected chi connectivity index (χ3v) is 4.56. The summed E-state index contributed by atoms with van der Waals surface area (Å²) in [5.74, 6) is 0. The van der Waals surface area contributed by atoms with Gasteiger partial charge in [0.05, 0.1) is 6.61 Å². The van der Waals surface area contributed by atoms with Crippen LogP contribution in [-0.2, 0) is 6.42 Å². The molecule has 0 bridgehead atoms. The van der Waals surface area contributed by atoms with Gasteiger partial charge in [-0.2, -0.15) is 0 Å². The molecule has 1 aliphatic rings. The quantitative estimate of drug-likeness (QED) is 0.859. The van der Waals surface area contributed by atoms with Crippen LogP contribution in [0.1, 0.15) is 18.4 Å². The Morgan fingerprint density at radius 3 is 2.45 bits per heavy atom. The molecule has 1 N–H and O–H groups in total. The molecule has 1 aromatic rings. The zero-order valence-electron chi connectivity index (χ0n) is 12.9. The monoisotopic (exact) mass is 276 g/mol. The second-order valence-corrected chi connectivity index (χ2v) is 6.43. The average Bonchev–Trinajstić information content (AvgIpc) is 2.44. The summed E-state index contributed by atoms with van der Waals surface area (Å²) in [6, 6.07) is 10.8. The van der Waals surface area contributed by atoms with Crippen molar-refractivity contribution in [3.05, 3.63) is 35.9 Å². The zero-order valence-corrected chi connectivity index (χ0v) is 12.9. The third-order valence-electron chi connectivity index (χ3n) is 4.56. The van der Waals surface area contributed by atoms with E-state index in [0.717, 1.165) is 19.5 Å². The molecule has 1 aliphatic heterocycles. The Kier molecular flexibility index (Phi) is 5.58. The molecular formula is C17H28N2O. The molecule has 112 valence electrons. The molecule has 0 aliphatic carbocycles. The van der Waals surface area contributed by atoms with Gasteiger partial charge in [-0.1, -0.05) is 30.3 Å². The minimum Gasteiger partial charge on any atom is -0.395 e. The molecule has 0 aromatic heterocycles. The van der Waals surface area contributed by atoms with Crippen molar-refractivity contribution in [2.24, 2.45) is 5.41 Å². The van der Waals surface area contributed by atoms with Crippen molar-refractivity contribution in [3.63, 3.8) is 0 Å². The van der Waals surface area contributed by atoms with E-state index in [4.69, 9.17) is 5.11 Å². The summed E-state index contributed by atoms with van der Waals surface area (Å²) in [6.07, 6.45) is 3.64. The Morgan fingerprint density at radius 1 is 1.20 bits per heavy atom. The molecule has 1 aromatic carbocycles. The second-order valence-electron chi connectivity index (χ2n) is 6.43. The highest BCUT2D eigenvalue weighted by molar-refractivity contribution is 5.17. The van der Waals surface area contributed by atoms with E-state index in [0.29, 0.717) is 5.41 Å². The number of hydrogen-bond acceptors (Lipinski definition) is 3. The van der Waals surface area contributed by atoms with E-state index in [-0.39, 0.29) is 6.61 Å². The first-order valence-electron chi connectivity index (χ1n) is 7.65. The summed E-state index contributed by atoms with van der Waals surface area (Å²) in [7, 11) is 4.34. The molecule has 3 nitrogen and oxygen atoms in total. The van der Waals surface area contributed by atoms with E-state index in [2.05, 4.69) is 54.2 Å². The van der Waals surface area contributed by atoms with Crippen LogP contribution in [0.15, 0.2) is 30.3 Å². The smallest absolute Gasteiger partial charge is 0.0558 e. The van der Waals surface area contributed by atoms with Gasteiger partial charge in [-0.25, -0.2) is 0 Å². The SMILES string of the molecule is CN1CCC(Cc2ccccc2)(CN(C)CCO)CC1. The second kappa shape index (κ2) is 7.21. The van der Waals surface area contributed by atoms with Gasteiger partial charge in [0.2, 0.25) is 0 Å². The van der Waals surface area contributed by atoms with E-state index < -0.39 is 0 Å². The molecule has 20 heavy (non-hydrogen) atoms. The van der Waals surface area contributed by atoms with Gasteiger partial charge in [0.15, 0.2) is 0 Å². The van der Waals surface area contributed by atoms with Crippen molar-refractivity contribution < 1.29 is 5.11 Å². The molecule has 1 fully saturated rings. The maximum Gasteiger partial charge on any atom is 0.0558 e. The number of aliphatic hydroxyl groups excluding tert-OH is 1. The molecule has 1 heterocycles. The zero-order chi connectivity index (χ0) is 14.4. The highest BCUT2D eigenvalue weighted by Gasteiger charge is 2.34. The average molecular weight is 276 g/mol. The van der Waals surface area contributed by atoms with Crippen LogP contribution in [0.2, 0.25) is 0 Å². The lowest BCUT2D eigenvalue weighted by atomic mass is 9.73. The van der Waals surface area contributed by atoms with Crippen LogP contribution < -0.4 is 0 Å². The molecule has 3 heteroatoms. The minimum absolute atomic E-state index is 0.248. The maximum atomic E-state index is 9.13. The van der Waals surface area contributed by atoms with E-state index >= 15 is 0 Å². The first kappa shape index (κ1) is 15.5. The number of nitrogens with zero attached hydrogens (tertiary/aromatic N) is 2. The summed E-state index contributed by atoms with van der Waals surface area (Å²) in [5.41, 5.74) is 1.80. The first-order valence-corrected chi connectivity index (χ1v) is 7.65. The summed E-state index contributed by atoms with van der Waals surface area (Å²) in [4.78, 5) is 4.71. The van der Waals surface area contributed by atoms with Gasteiger partial charge in [0.1, 0.15) is 0 Å². The van der Waals surface area contributed by atoms with Crippen LogP contribution >= 0.6 is 0 Å². The predicted octanol–water partition coefficient (Wildman–Crippen LogP) is 1.87. The topological polar surface area (TPSA) is 26.7 Å². The highest BCUT2D eigenvalue weighted by Crippen LogP contribution is 2.35. The van der Waals surface area contributed by atoms with Gasteiger partial charge >= 0.3 is 0 Å². The summed E-state index contributed by atoms with van der Waals surface area (Å²) in [5, 5.41) is 9.13. The van der Waals surface area contributed by atoms with Crippen LogP contribution in [0, 0.1) is 5.41 Å². The van der Waals surface area contributed by atoms with Crippen LogP contribution in [0.5, 0.6) is 0 Å². The van der Waals surface area contributed by atoms with Gasteiger partial charge in [0, 0.05) is 13.1 Å². The van der Waals surface area contributed by atoms with Crippen molar-refractivity contribution >= 4 is 0 Å². The van der Waals surface area contributed by atoms with E-state index in [9.17, 15) is 0 Å². The fourth-order valence-electron chi connectivity index (χ4n) is 3.33. The molecule has 0 spiro atoms. The van der Waals surface area contributed by atoms with Gasteiger partial charge in [-0.05, 0) is 57.4 Å². The Bertz CT molecular complexity index is 385. The molecule has 0 amide bonds. The normalized spacial score (nSPS) is 19.4. The molecular weight excluding hydrogens is 248 g/mol. The van der Waals surface area contributed by atoms with Crippen molar-refractivity contribution in [2.45, 2.75) is 19.3 Å². The van der Waals surface area contributed by atoms with Gasteiger partial charge in [0.25, 0.3) is 0 Å². The van der Waals surface area contributed by atoms with Crippen LogP contribution in [0.4, 0.5) is 0 Å². The van der Waals surface area contributed by atoms with Crippen molar-refractivity contribution in [1.29, 1.82) is 0 Å². The number of hydrogen-bond donors (Lipinski definition) is 1. The Balaban J connectivity index is 2.07. The summed E-state index contributed by atoms with van der Waals surface area (Å²) in [6.45, 7) is 4.46. The third kappa shape index (κ3) is 4.30. The fraction of sp³-hybridized carbons (Fsp3) is 0.647. The van der Waals surface area contributed by atoms with E-state index in [1.807, 2.05) is 0 Å². The van der Waals surface area contributed by atoms with Gasteiger partial charge < -0.3 is 14.9 Å².